The van der Waals surface area contributed by atoms with E-state index < -0.39 is 11.9 Å². The molecule has 0 aromatic heterocycles. The van der Waals surface area contributed by atoms with Crippen molar-refractivity contribution in [2.24, 2.45) is 5.73 Å². The van der Waals surface area contributed by atoms with Crippen molar-refractivity contribution >= 4 is 11.9 Å². The fourth-order valence-corrected chi connectivity index (χ4v) is 2.63. The molecule has 0 saturated heterocycles. The van der Waals surface area contributed by atoms with Gasteiger partial charge in [0, 0.05) is 12.5 Å². The lowest BCUT2D eigenvalue weighted by molar-refractivity contribution is -0.138. The van der Waals surface area contributed by atoms with Gasteiger partial charge in [-0.2, -0.15) is 0 Å². The largest absolute Gasteiger partial charge is 0.480 e. The normalized spacial score (nSPS) is 10.9. The summed E-state index contributed by atoms with van der Waals surface area (Å²) in [6.07, 6.45) is 0. The molecule has 0 atom stereocenters. The lowest BCUT2D eigenvalue weighted by atomic mass is 9.91. The van der Waals surface area contributed by atoms with Gasteiger partial charge in [0.05, 0.1) is 13.1 Å². The van der Waals surface area contributed by atoms with Crippen molar-refractivity contribution in [1.29, 1.82) is 0 Å². The molecule has 5 heteroatoms. The number of hydrogen-bond acceptors (Lipinski definition) is 3. The van der Waals surface area contributed by atoms with E-state index in [1.165, 1.54) is 0 Å². The second-order valence-corrected chi connectivity index (χ2v) is 5.40. The van der Waals surface area contributed by atoms with E-state index in [4.69, 9.17) is 10.8 Å². The molecule has 2 aromatic rings. The van der Waals surface area contributed by atoms with Crippen LogP contribution in [0.4, 0.5) is 0 Å². The van der Waals surface area contributed by atoms with E-state index in [2.05, 4.69) is 0 Å². The minimum Gasteiger partial charge on any atom is -0.480 e. The predicted octanol–water partition coefficient (Wildman–Crippen LogP) is 1.69. The van der Waals surface area contributed by atoms with Crippen molar-refractivity contribution in [2.45, 2.75) is 5.92 Å². The molecule has 0 aliphatic heterocycles. The van der Waals surface area contributed by atoms with E-state index in [9.17, 15) is 9.59 Å². The molecule has 0 radical (unpaired) electrons. The summed E-state index contributed by atoms with van der Waals surface area (Å²) in [6.45, 7) is 0.102. The third kappa shape index (κ3) is 5.23. The smallest absolute Gasteiger partial charge is 0.317 e. The SMILES string of the molecule is NC(=O)CN(CC(=O)O)CC(c1ccccc1)c1ccccc1. The van der Waals surface area contributed by atoms with Crippen LogP contribution in [0.5, 0.6) is 0 Å². The van der Waals surface area contributed by atoms with E-state index in [1.807, 2.05) is 60.7 Å². The number of rotatable bonds is 8. The number of primary amides is 1. The van der Waals surface area contributed by atoms with Gasteiger partial charge in [0.15, 0.2) is 0 Å². The summed E-state index contributed by atoms with van der Waals surface area (Å²) in [4.78, 5) is 23.9. The number of carbonyl (C=O) groups is 2. The highest BCUT2D eigenvalue weighted by atomic mass is 16.4. The monoisotopic (exact) mass is 312 g/mol. The van der Waals surface area contributed by atoms with Gasteiger partial charge in [-0.3, -0.25) is 14.5 Å². The molecule has 0 fully saturated rings. The second-order valence-electron chi connectivity index (χ2n) is 5.40. The van der Waals surface area contributed by atoms with E-state index in [1.54, 1.807) is 4.90 Å². The zero-order valence-electron chi connectivity index (χ0n) is 12.8. The van der Waals surface area contributed by atoms with Crippen LogP contribution < -0.4 is 5.73 Å². The molecule has 0 unspecified atom stereocenters. The van der Waals surface area contributed by atoms with Gasteiger partial charge in [0.1, 0.15) is 0 Å². The fourth-order valence-electron chi connectivity index (χ4n) is 2.63. The Labute approximate surface area is 135 Å². The number of amides is 1. The van der Waals surface area contributed by atoms with Crippen LogP contribution in [0.2, 0.25) is 0 Å². The molecule has 0 spiro atoms. The Morgan fingerprint density at radius 3 is 1.78 bits per heavy atom. The molecular weight excluding hydrogens is 292 g/mol. The first-order valence-electron chi connectivity index (χ1n) is 7.38. The maximum absolute atomic E-state index is 11.2. The Balaban J connectivity index is 2.29. The Morgan fingerprint density at radius 2 is 1.39 bits per heavy atom. The summed E-state index contributed by atoms with van der Waals surface area (Å²) >= 11 is 0. The highest BCUT2D eigenvalue weighted by Crippen LogP contribution is 2.25. The average Bonchev–Trinajstić information content (AvgIpc) is 2.53. The first-order chi connectivity index (χ1) is 11.1. The molecule has 3 N–H and O–H groups in total. The summed E-state index contributed by atoms with van der Waals surface area (Å²) < 4.78 is 0. The number of carbonyl (C=O) groups excluding carboxylic acids is 1. The molecule has 2 rings (SSSR count). The third-order valence-corrected chi connectivity index (χ3v) is 3.58. The van der Waals surface area contributed by atoms with Gasteiger partial charge in [0.2, 0.25) is 5.91 Å². The molecule has 23 heavy (non-hydrogen) atoms. The number of benzene rings is 2. The van der Waals surface area contributed by atoms with Gasteiger partial charge in [-0.25, -0.2) is 0 Å². The minimum absolute atomic E-state index is 0.0314. The van der Waals surface area contributed by atoms with Crippen LogP contribution in [0.1, 0.15) is 17.0 Å². The first-order valence-corrected chi connectivity index (χ1v) is 7.38. The van der Waals surface area contributed by atoms with Crippen molar-refractivity contribution in [2.75, 3.05) is 19.6 Å². The van der Waals surface area contributed by atoms with Crippen LogP contribution in [-0.4, -0.2) is 41.5 Å². The molecule has 0 aliphatic rings. The van der Waals surface area contributed by atoms with Crippen molar-refractivity contribution in [1.82, 2.24) is 4.90 Å². The summed E-state index contributed by atoms with van der Waals surface area (Å²) in [6, 6.07) is 19.7. The number of hydrogen-bond donors (Lipinski definition) is 2. The summed E-state index contributed by atoms with van der Waals surface area (Å²) in [5, 5.41) is 9.06. The zero-order valence-corrected chi connectivity index (χ0v) is 12.8. The Morgan fingerprint density at radius 1 is 0.913 bits per heavy atom. The Bertz CT molecular complexity index is 588. The average molecular weight is 312 g/mol. The summed E-state index contributed by atoms with van der Waals surface area (Å²) in [7, 11) is 0. The van der Waals surface area contributed by atoms with Crippen LogP contribution in [-0.2, 0) is 9.59 Å². The lowest BCUT2D eigenvalue weighted by Gasteiger charge is -2.26. The quantitative estimate of drug-likeness (QED) is 0.777. The van der Waals surface area contributed by atoms with Crippen LogP contribution >= 0.6 is 0 Å². The van der Waals surface area contributed by atoms with Gasteiger partial charge in [-0.1, -0.05) is 60.7 Å². The van der Waals surface area contributed by atoms with Crippen molar-refractivity contribution < 1.29 is 14.7 Å². The van der Waals surface area contributed by atoms with Crippen molar-refractivity contribution in [3.8, 4) is 0 Å². The minimum atomic E-state index is -0.980. The van der Waals surface area contributed by atoms with Crippen molar-refractivity contribution in [3.63, 3.8) is 0 Å². The lowest BCUT2D eigenvalue weighted by Crippen LogP contribution is -2.40. The Hall–Kier alpha value is -2.66. The molecule has 5 nitrogen and oxygen atoms in total. The molecular formula is C18H20N2O3. The molecule has 0 saturated carbocycles. The van der Waals surface area contributed by atoms with E-state index >= 15 is 0 Å². The van der Waals surface area contributed by atoms with Crippen LogP contribution in [0, 0.1) is 0 Å². The number of nitrogens with two attached hydrogens (primary N) is 1. The zero-order chi connectivity index (χ0) is 16.7. The first kappa shape index (κ1) is 16.7. The van der Waals surface area contributed by atoms with Gasteiger partial charge in [-0.05, 0) is 11.1 Å². The molecule has 0 bridgehead atoms. The maximum Gasteiger partial charge on any atom is 0.317 e. The molecule has 1 amide bonds. The van der Waals surface area contributed by atoms with Gasteiger partial charge >= 0.3 is 5.97 Å². The summed E-state index contributed by atoms with van der Waals surface area (Å²) in [5.41, 5.74) is 7.38. The Kier molecular flexibility index (Phi) is 5.88. The van der Waals surface area contributed by atoms with E-state index in [-0.39, 0.29) is 19.0 Å². The van der Waals surface area contributed by atoms with Crippen LogP contribution in [0.25, 0.3) is 0 Å². The third-order valence-electron chi connectivity index (χ3n) is 3.58. The van der Waals surface area contributed by atoms with Crippen molar-refractivity contribution in [3.05, 3.63) is 71.8 Å². The molecule has 2 aromatic carbocycles. The highest BCUT2D eigenvalue weighted by molar-refractivity contribution is 5.77. The summed E-state index contributed by atoms with van der Waals surface area (Å²) in [5.74, 6) is -1.55. The van der Waals surface area contributed by atoms with Gasteiger partial charge < -0.3 is 10.8 Å². The standard InChI is InChI=1S/C18H20N2O3/c19-17(21)12-20(13-18(22)23)11-16(14-7-3-1-4-8-14)15-9-5-2-6-10-15/h1-10,16H,11-13H2,(H2,19,21)(H,22,23). The fraction of sp³-hybridized carbons (Fsp3) is 0.222. The predicted molar refractivity (Wildman–Crippen MR) is 88.0 cm³/mol. The van der Waals surface area contributed by atoms with Crippen LogP contribution in [0.15, 0.2) is 60.7 Å². The van der Waals surface area contributed by atoms with E-state index in [0.717, 1.165) is 11.1 Å². The number of carboxylic acids is 1. The van der Waals surface area contributed by atoms with E-state index in [0.29, 0.717) is 6.54 Å². The van der Waals surface area contributed by atoms with Crippen LogP contribution in [0.3, 0.4) is 0 Å². The maximum atomic E-state index is 11.2. The molecule has 0 heterocycles. The number of nitrogens with zero attached hydrogens (tertiary/aromatic N) is 1. The molecule has 120 valence electrons. The molecule has 0 aliphatic carbocycles. The topological polar surface area (TPSA) is 83.6 Å². The number of carboxylic acid groups (broad SMARTS) is 1. The number of aliphatic carboxylic acids is 1. The highest BCUT2D eigenvalue weighted by Gasteiger charge is 2.20. The van der Waals surface area contributed by atoms with Gasteiger partial charge in [0.25, 0.3) is 0 Å². The van der Waals surface area contributed by atoms with Gasteiger partial charge in [-0.15, -0.1) is 0 Å². The second kappa shape index (κ2) is 8.10.